The third-order valence-corrected chi connectivity index (χ3v) is 7.70. The predicted octanol–water partition coefficient (Wildman–Crippen LogP) is 4.89. The van der Waals surface area contributed by atoms with Crippen molar-refractivity contribution in [3.8, 4) is 11.5 Å². The number of anilines is 1. The van der Waals surface area contributed by atoms with Crippen LogP contribution in [0.4, 0.5) is 19.0 Å². The van der Waals surface area contributed by atoms with Gasteiger partial charge in [-0.25, -0.2) is 4.79 Å². The Hall–Kier alpha value is -4.72. The van der Waals surface area contributed by atoms with E-state index in [0.29, 0.717) is 22.3 Å². The maximum atomic E-state index is 13.8. The standard InChI is InChI=1S/C33H32F3N3O7/c1-20(40)37-30-26(33(34,35)36)18-39(31(42)38-30)29-17-27(41)28(46-29)19-45-32(21-7-5-4-6-8-21,22-9-13-24(43-2)14-10-22)23-11-15-25(44-3)16-12-23/h4-16,18,27-29,41H,17,19H2,1-3H3,(H,37,38,40,42)/t27-,28+,29+/m0/s1. The highest BCUT2D eigenvalue weighted by Crippen LogP contribution is 2.43. The number of carbonyl (C=O) groups excluding carboxylic acids is 1. The predicted molar refractivity (Wildman–Crippen MR) is 161 cm³/mol. The molecule has 10 nitrogen and oxygen atoms in total. The lowest BCUT2D eigenvalue weighted by Crippen LogP contribution is -2.38. The van der Waals surface area contributed by atoms with Gasteiger partial charge in [-0.2, -0.15) is 18.2 Å². The number of nitrogens with zero attached hydrogens (tertiary/aromatic N) is 2. The van der Waals surface area contributed by atoms with Gasteiger partial charge in [-0.15, -0.1) is 0 Å². The fourth-order valence-corrected chi connectivity index (χ4v) is 5.46. The lowest BCUT2D eigenvalue weighted by molar-refractivity contribution is -0.138. The topological polar surface area (TPSA) is 121 Å². The third kappa shape index (κ3) is 6.62. The van der Waals surface area contributed by atoms with Gasteiger partial charge in [0.15, 0.2) is 5.82 Å². The van der Waals surface area contributed by atoms with Gasteiger partial charge < -0.3 is 29.4 Å². The minimum absolute atomic E-state index is 0.212. The van der Waals surface area contributed by atoms with Crippen LogP contribution in [0.25, 0.3) is 0 Å². The molecular weight excluding hydrogens is 607 g/mol. The van der Waals surface area contributed by atoms with Crippen molar-refractivity contribution in [1.29, 1.82) is 0 Å². The molecule has 242 valence electrons. The first-order valence-corrected chi connectivity index (χ1v) is 14.3. The second kappa shape index (κ2) is 13.3. The zero-order valence-corrected chi connectivity index (χ0v) is 25.2. The normalized spacial score (nSPS) is 18.3. The number of ether oxygens (including phenoxy) is 4. The number of amides is 1. The van der Waals surface area contributed by atoms with Crippen molar-refractivity contribution < 1.29 is 42.0 Å². The minimum atomic E-state index is -4.94. The Morgan fingerprint density at radius 3 is 2.00 bits per heavy atom. The molecule has 0 bridgehead atoms. The summed E-state index contributed by atoms with van der Waals surface area (Å²) in [7, 11) is 3.11. The largest absolute Gasteiger partial charge is 0.497 e. The average molecular weight is 640 g/mol. The summed E-state index contributed by atoms with van der Waals surface area (Å²) in [6, 6.07) is 23.9. The van der Waals surface area contributed by atoms with E-state index in [1.165, 1.54) is 0 Å². The van der Waals surface area contributed by atoms with Gasteiger partial charge in [0.25, 0.3) is 0 Å². The van der Waals surface area contributed by atoms with E-state index >= 15 is 0 Å². The fraction of sp³-hybridized carbons (Fsp3) is 0.303. The molecule has 1 aliphatic rings. The van der Waals surface area contributed by atoms with E-state index in [1.54, 1.807) is 38.5 Å². The summed E-state index contributed by atoms with van der Waals surface area (Å²) < 4.78 is 65.6. The lowest BCUT2D eigenvalue weighted by Gasteiger charge is -2.37. The van der Waals surface area contributed by atoms with Gasteiger partial charge in [0, 0.05) is 19.5 Å². The third-order valence-electron chi connectivity index (χ3n) is 7.70. The van der Waals surface area contributed by atoms with Crippen LogP contribution in [0.3, 0.4) is 0 Å². The number of halogens is 3. The monoisotopic (exact) mass is 639 g/mol. The molecule has 3 aromatic carbocycles. The molecule has 1 aromatic heterocycles. The van der Waals surface area contributed by atoms with E-state index in [1.807, 2.05) is 59.9 Å². The van der Waals surface area contributed by atoms with Crippen molar-refractivity contribution in [2.45, 2.75) is 43.6 Å². The van der Waals surface area contributed by atoms with E-state index < -0.39 is 53.2 Å². The SMILES string of the molecule is COc1ccc(C(OC[C@H]2O[C@@H](n3cc(C(F)(F)F)c(NC(C)=O)nc3=O)C[C@@H]2O)(c2ccccc2)c2ccc(OC)cc2)cc1. The number of methoxy groups -OCH3 is 2. The Labute approximate surface area is 262 Å². The summed E-state index contributed by atoms with van der Waals surface area (Å²) in [6.45, 7) is 0.782. The molecule has 0 unspecified atom stereocenters. The number of aromatic nitrogens is 2. The van der Waals surface area contributed by atoms with Gasteiger partial charge in [-0.05, 0) is 41.0 Å². The van der Waals surface area contributed by atoms with Crippen LogP contribution in [0.5, 0.6) is 11.5 Å². The molecule has 1 saturated heterocycles. The number of hydrogen-bond donors (Lipinski definition) is 2. The second-order valence-electron chi connectivity index (χ2n) is 10.6. The Bertz CT molecular complexity index is 1660. The van der Waals surface area contributed by atoms with E-state index in [-0.39, 0.29) is 13.0 Å². The number of carbonyl (C=O) groups is 1. The van der Waals surface area contributed by atoms with Crippen LogP contribution >= 0.6 is 0 Å². The molecule has 1 aliphatic heterocycles. The van der Waals surface area contributed by atoms with Crippen LogP contribution in [0, 0.1) is 0 Å². The molecule has 1 amide bonds. The fourth-order valence-electron chi connectivity index (χ4n) is 5.46. The summed E-state index contributed by atoms with van der Waals surface area (Å²) in [5.74, 6) is -0.485. The maximum Gasteiger partial charge on any atom is 0.421 e. The number of aliphatic hydroxyl groups excluding tert-OH is 1. The van der Waals surface area contributed by atoms with E-state index in [9.17, 15) is 27.9 Å². The molecule has 0 aliphatic carbocycles. The van der Waals surface area contributed by atoms with Crippen LogP contribution in [-0.4, -0.2) is 53.6 Å². The van der Waals surface area contributed by atoms with Crippen molar-refractivity contribution in [1.82, 2.24) is 9.55 Å². The van der Waals surface area contributed by atoms with Gasteiger partial charge in [0.2, 0.25) is 5.91 Å². The Morgan fingerprint density at radius 1 is 0.957 bits per heavy atom. The summed E-state index contributed by atoms with van der Waals surface area (Å²) in [6.07, 6.45) is -8.15. The number of alkyl halides is 3. The molecule has 2 heterocycles. The smallest absolute Gasteiger partial charge is 0.421 e. The van der Waals surface area contributed by atoms with E-state index in [0.717, 1.165) is 23.6 Å². The van der Waals surface area contributed by atoms with Gasteiger partial charge in [0.05, 0.1) is 26.9 Å². The summed E-state index contributed by atoms with van der Waals surface area (Å²) >= 11 is 0. The Balaban J connectivity index is 1.52. The number of benzene rings is 3. The molecule has 0 saturated carbocycles. The van der Waals surface area contributed by atoms with E-state index in [4.69, 9.17) is 18.9 Å². The number of nitrogens with one attached hydrogen (secondary N) is 1. The lowest BCUT2D eigenvalue weighted by atomic mass is 9.80. The van der Waals surface area contributed by atoms with E-state index in [2.05, 4.69) is 4.98 Å². The highest BCUT2D eigenvalue weighted by molar-refractivity contribution is 5.88. The van der Waals surface area contributed by atoms with Crippen LogP contribution in [0.15, 0.2) is 89.9 Å². The number of rotatable bonds is 10. The Morgan fingerprint density at radius 2 is 1.50 bits per heavy atom. The van der Waals surface area contributed by atoms with Crippen LogP contribution in [0.2, 0.25) is 0 Å². The van der Waals surface area contributed by atoms with Gasteiger partial charge in [0.1, 0.15) is 35.0 Å². The van der Waals surface area contributed by atoms with Crippen LogP contribution in [-0.2, 0) is 26.0 Å². The van der Waals surface area contributed by atoms with Crippen molar-refractivity contribution in [2.24, 2.45) is 0 Å². The zero-order chi connectivity index (χ0) is 33.1. The molecule has 0 radical (unpaired) electrons. The first-order valence-electron chi connectivity index (χ1n) is 14.3. The highest BCUT2D eigenvalue weighted by atomic mass is 19.4. The van der Waals surface area contributed by atoms with Crippen molar-refractivity contribution in [3.63, 3.8) is 0 Å². The summed E-state index contributed by atoms with van der Waals surface area (Å²) in [5, 5.41) is 13.0. The first-order chi connectivity index (χ1) is 22.0. The minimum Gasteiger partial charge on any atom is -0.497 e. The molecule has 46 heavy (non-hydrogen) atoms. The maximum absolute atomic E-state index is 13.8. The first kappa shape index (κ1) is 32.7. The highest BCUT2D eigenvalue weighted by Gasteiger charge is 2.43. The molecule has 0 spiro atoms. The van der Waals surface area contributed by atoms with Crippen molar-refractivity contribution in [3.05, 3.63) is 118 Å². The zero-order valence-electron chi connectivity index (χ0n) is 25.2. The molecule has 13 heteroatoms. The Kier molecular flexibility index (Phi) is 9.47. The van der Waals surface area contributed by atoms with Crippen molar-refractivity contribution >= 4 is 11.7 Å². The molecule has 2 N–H and O–H groups in total. The number of hydrogen-bond acceptors (Lipinski definition) is 8. The van der Waals surface area contributed by atoms with Crippen LogP contribution < -0.4 is 20.5 Å². The van der Waals surface area contributed by atoms with Crippen molar-refractivity contribution in [2.75, 3.05) is 26.1 Å². The molecule has 1 fully saturated rings. The molecule has 4 aromatic rings. The molecule has 3 atom stereocenters. The quantitative estimate of drug-likeness (QED) is 0.235. The van der Waals surface area contributed by atoms with Crippen LogP contribution in [0.1, 0.15) is 41.8 Å². The molecule has 5 rings (SSSR count). The van der Waals surface area contributed by atoms with Gasteiger partial charge in [-0.1, -0.05) is 54.6 Å². The van der Waals surface area contributed by atoms with Gasteiger partial charge >= 0.3 is 11.9 Å². The second-order valence-corrected chi connectivity index (χ2v) is 10.6. The average Bonchev–Trinajstić information content (AvgIpc) is 3.41. The number of aliphatic hydroxyl groups is 1. The van der Waals surface area contributed by atoms with Gasteiger partial charge in [-0.3, -0.25) is 9.36 Å². The summed E-state index contributed by atoms with van der Waals surface area (Å²) in [5.41, 5.74) is -1.48. The molecular formula is C33H32F3N3O7. The summed E-state index contributed by atoms with van der Waals surface area (Å²) in [4.78, 5) is 27.7.